The first-order valence-electron chi connectivity index (χ1n) is 6.80. The summed E-state index contributed by atoms with van der Waals surface area (Å²) in [4.78, 5) is 23.1. The van der Waals surface area contributed by atoms with Crippen molar-refractivity contribution < 1.29 is 19.1 Å². The number of carbonyl (C=O) groups excluding carboxylic acids is 2. The van der Waals surface area contributed by atoms with Gasteiger partial charge in [0, 0.05) is 13.0 Å². The van der Waals surface area contributed by atoms with Crippen LogP contribution in [0.3, 0.4) is 0 Å². The highest BCUT2D eigenvalue weighted by Crippen LogP contribution is 2.31. The van der Waals surface area contributed by atoms with E-state index in [1.165, 1.54) is 0 Å². The van der Waals surface area contributed by atoms with E-state index in [1.54, 1.807) is 39.0 Å². The zero-order chi connectivity index (χ0) is 16.8. The van der Waals surface area contributed by atoms with E-state index in [9.17, 15) is 9.59 Å². The smallest absolute Gasteiger partial charge is 0.407 e. The van der Waals surface area contributed by atoms with Gasteiger partial charge in [-0.25, -0.2) is 4.79 Å². The molecule has 0 spiro atoms. The van der Waals surface area contributed by atoms with Crippen molar-refractivity contribution in [2.75, 3.05) is 6.54 Å². The van der Waals surface area contributed by atoms with Crippen molar-refractivity contribution >= 4 is 35.3 Å². The molecule has 1 aromatic carbocycles. The molecule has 0 atom stereocenters. The van der Waals surface area contributed by atoms with E-state index in [1.807, 2.05) is 0 Å². The number of esters is 1. The van der Waals surface area contributed by atoms with Gasteiger partial charge >= 0.3 is 12.1 Å². The topological polar surface area (TPSA) is 64.6 Å². The Morgan fingerprint density at radius 3 is 2.55 bits per heavy atom. The van der Waals surface area contributed by atoms with Gasteiger partial charge in [-0.05, 0) is 39.3 Å². The second kappa shape index (κ2) is 8.25. The van der Waals surface area contributed by atoms with Crippen LogP contribution in [0.5, 0.6) is 5.75 Å². The fraction of sp³-hybridized carbons (Fsp3) is 0.467. The SMILES string of the molecule is CC(C)(C)OC(=O)NCCCC(=O)Oc1cccc(Cl)c1Cl. The molecule has 0 aliphatic rings. The first kappa shape index (κ1) is 18.6. The van der Waals surface area contributed by atoms with Gasteiger partial charge in [-0.3, -0.25) is 4.79 Å². The van der Waals surface area contributed by atoms with Crippen LogP contribution < -0.4 is 10.1 Å². The van der Waals surface area contributed by atoms with Crippen LogP contribution in [0.2, 0.25) is 10.0 Å². The molecule has 0 aliphatic heterocycles. The summed E-state index contributed by atoms with van der Waals surface area (Å²) >= 11 is 11.7. The lowest BCUT2D eigenvalue weighted by molar-refractivity contribution is -0.134. The van der Waals surface area contributed by atoms with Crippen molar-refractivity contribution in [2.24, 2.45) is 0 Å². The van der Waals surface area contributed by atoms with E-state index >= 15 is 0 Å². The van der Waals surface area contributed by atoms with Crippen molar-refractivity contribution in [3.8, 4) is 5.75 Å². The van der Waals surface area contributed by atoms with Gasteiger partial charge in [0.05, 0.1) is 5.02 Å². The summed E-state index contributed by atoms with van der Waals surface area (Å²) in [7, 11) is 0. The number of alkyl carbamates (subject to hydrolysis) is 1. The number of benzene rings is 1. The second-order valence-corrected chi connectivity index (χ2v) is 6.34. The molecule has 0 fully saturated rings. The van der Waals surface area contributed by atoms with Crippen LogP contribution in [-0.2, 0) is 9.53 Å². The molecule has 1 amide bonds. The largest absolute Gasteiger partial charge is 0.444 e. The Morgan fingerprint density at radius 2 is 1.91 bits per heavy atom. The van der Waals surface area contributed by atoms with Crippen LogP contribution in [0.15, 0.2) is 18.2 Å². The quantitative estimate of drug-likeness (QED) is 0.492. The van der Waals surface area contributed by atoms with Gasteiger partial charge in [-0.15, -0.1) is 0 Å². The molecule has 1 aromatic rings. The first-order chi connectivity index (χ1) is 10.2. The number of ether oxygens (including phenoxy) is 2. The number of nitrogens with one attached hydrogen (secondary N) is 1. The average Bonchev–Trinajstić information content (AvgIpc) is 2.38. The maximum absolute atomic E-state index is 11.7. The summed E-state index contributed by atoms with van der Waals surface area (Å²) in [5.41, 5.74) is -0.549. The van der Waals surface area contributed by atoms with Crippen LogP contribution in [0, 0.1) is 0 Å². The first-order valence-corrected chi connectivity index (χ1v) is 7.56. The highest BCUT2D eigenvalue weighted by atomic mass is 35.5. The maximum atomic E-state index is 11.7. The van der Waals surface area contributed by atoms with Gasteiger partial charge in [0.25, 0.3) is 0 Å². The zero-order valence-electron chi connectivity index (χ0n) is 12.7. The highest BCUT2D eigenvalue weighted by molar-refractivity contribution is 6.43. The van der Waals surface area contributed by atoms with E-state index in [-0.39, 0.29) is 17.2 Å². The molecule has 0 unspecified atom stereocenters. The fourth-order valence-electron chi connectivity index (χ4n) is 1.47. The molecule has 1 rings (SSSR count). The monoisotopic (exact) mass is 347 g/mol. The third-order valence-corrected chi connectivity index (χ3v) is 3.17. The molecule has 122 valence electrons. The molecule has 7 heteroatoms. The molecule has 5 nitrogen and oxygen atoms in total. The van der Waals surface area contributed by atoms with Crippen LogP contribution in [-0.4, -0.2) is 24.2 Å². The predicted octanol–water partition coefficient (Wildman–Crippen LogP) is 4.20. The number of rotatable bonds is 5. The van der Waals surface area contributed by atoms with Gasteiger partial charge in [0.1, 0.15) is 10.6 Å². The molecule has 0 radical (unpaired) electrons. The summed E-state index contributed by atoms with van der Waals surface area (Å²) in [5.74, 6) is -0.227. The van der Waals surface area contributed by atoms with E-state index in [0.717, 1.165) is 0 Å². The molecule has 1 N–H and O–H groups in total. The lowest BCUT2D eigenvalue weighted by Crippen LogP contribution is -2.33. The number of hydrogen-bond acceptors (Lipinski definition) is 4. The molecule has 0 saturated carbocycles. The predicted molar refractivity (Wildman–Crippen MR) is 85.6 cm³/mol. The summed E-state index contributed by atoms with van der Waals surface area (Å²) in [6.45, 7) is 5.64. The Balaban J connectivity index is 2.30. The third kappa shape index (κ3) is 7.00. The summed E-state index contributed by atoms with van der Waals surface area (Å²) in [6.07, 6.45) is 0.0493. The molecule has 0 aliphatic carbocycles. The van der Waals surface area contributed by atoms with E-state index in [2.05, 4.69) is 5.32 Å². The molecule has 22 heavy (non-hydrogen) atoms. The van der Waals surface area contributed by atoms with E-state index in [0.29, 0.717) is 18.0 Å². The summed E-state index contributed by atoms with van der Waals surface area (Å²) in [6, 6.07) is 4.80. The Bertz CT molecular complexity index is 541. The van der Waals surface area contributed by atoms with Crippen LogP contribution in [0.1, 0.15) is 33.6 Å². The average molecular weight is 348 g/mol. The Labute approximate surface area is 139 Å². The molecular weight excluding hydrogens is 329 g/mol. The highest BCUT2D eigenvalue weighted by Gasteiger charge is 2.16. The number of carbonyl (C=O) groups is 2. The van der Waals surface area contributed by atoms with Crippen molar-refractivity contribution in [3.63, 3.8) is 0 Å². The Hall–Kier alpha value is -1.46. The van der Waals surface area contributed by atoms with Gasteiger partial charge in [-0.1, -0.05) is 29.3 Å². The lowest BCUT2D eigenvalue weighted by Gasteiger charge is -2.19. The summed E-state index contributed by atoms with van der Waals surface area (Å²) < 4.78 is 10.2. The number of amides is 1. The third-order valence-electron chi connectivity index (χ3n) is 2.37. The van der Waals surface area contributed by atoms with Gasteiger partial charge in [-0.2, -0.15) is 0 Å². The molecule has 0 bridgehead atoms. The van der Waals surface area contributed by atoms with Gasteiger partial charge in [0.2, 0.25) is 0 Å². The van der Waals surface area contributed by atoms with Crippen molar-refractivity contribution in [2.45, 2.75) is 39.2 Å². The van der Waals surface area contributed by atoms with E-state index < -0.39 is 17.7 Å². The lowest BCUT2D eigenvalue weighted by atomic mass is 10.2. The molecular formula is C15H19Cl2NO4. The normalized spacial score (nSPS) is 11.0. The maximum Gasteiger partial charge on any atom is 0.407 e. The van der Waals surface area contributed by atoms with Gasteiger partial charge in [0.15, 0.2) is 5.75 Å². The summed E-state index contributed by atoms with van der Waals surface area (Å²) in [5, 5.41) is 3.08. The van der Waals surface area contributed by atoms with Crippen LogP contribution in [0.4, 0.5) is 4.79 Å². The number of hydrogen-bond donors (Lipinski definition) is 1. The Morgan fingerprint density at radius 1 is 1.23 bits per heavy atom. The van der Waals surface area contributed by atoms with E-state index in [4.69, 9.17) is 32.7 Å². The van der Waals surface area contributed by atoms with Crippen molar-refractivity contribution in [1.29, 1.82) is 0 Å². The molecule has 0 aromatic heterocycles. The minimum atomic E-state index is -0.549. The second-order valence-electron chi connectivity index (χ2n) is 5.56. The molecule has 0 heterocycles. The standard InChI is InChI=1S/C15H19Cl2NO4/c1-15(2,3)22-14(20)18-9-5-8-12(19)21-11-7-4-6-10(16)13(11)17/h4,6-7H,5,8-9H2,1-3H3,(H,18,20). The van der Waals surface area contributed by atoms with Crippen molar-refractivity contribution in [3.05, 3.63) is 28.2 Å². The zero-order valence-corrected chi connectivity index (χ0v) is 14.3. The van der Waals surface area contributed by atoms with Crippen LogP contribution >= 0.6 is 23.2 Å². The van der Waals surface area contributed by atoms with Gasteiger partial charge < -0.3 is 14.8 Å². The number of halogens is 2. The fourth-order valence-corrected chi connectivity index (χ4v) is 1.80. The van der Waals surface area contributed by atoms with Crippen molar-refractivity contribution in [1.82, 2.24) is 5.32 Å². The minimum Gasteiger partial charge on any atom is -0.444 e. The Kier molecular flexibility index (Phi) is 6.97. The molecule has 0 saturated heterocycles. The van der Waals surface area contributed by atoms with Crippen LogP contribution in [0.25, 0.3) is 0 Å². The minimum absolute atomic E-state index is 0.138.